The first-order valence-electron chi connectivity index (χ1n) is 2.11. The van der Waals surface area contributed by atoms with Crippen molar-refractivity contribution in [2.75, 3.05) is 0 Å². The first kappa shape index (κ1) is 4.00. The fraction of sp³-hybridized carbons (Fsp3) is 0.400. The zero-order valence-electron chi connectivity index (χ0n) is 3.57. The molecule has 1 aliphatic carbocycles. The second kappa shape index (κ2) is 1.52. The summed E-state index contributed by atoms with van der Waals surface area (Å²) >= 11 is 0. The molecule has 0 atom stereocenters. The van der Waals surface area contributed by atoms with Crippen LogP contribution < -0.4 is 0 Å². The van der Waals surface area contributed by atoms with Crippen LogP contribution in [0.15, 0.2) is 12.2 Å². The number of hydrogen-bond donors (Lipinski definition) is 0. The largest absolute Gasteiger partial charge is 0.0846 e. The van der Waals surface area contributed by atoms with Crippen LogP contribution in [0, 0.1) is 0 Å². The highest BCUT2D eigenvalue weighted by Crippen LogP contribution is 2.00. The Morgan fingerprint density at radius 2 is 1.83 bits per heavy atom. The summed E-state index contributed by atoms with van der Waals surface area (Å²) in [5.74, 6) is 0. The van der Waals surface area contributed by atoms with Gasteiger partial charge in [0, 0.05) is 9.85 Å². The average molecular weight is 94.2 g/mol. The van der Waals surface area contributed by atoms with E-state index >= 15 is 0 Å². The molecule has 30 valence electrons. The maximum Gasteiger partial charge on any atom is 0.0294 e. The molecule has 0 spiro atoms. The number of allylic oxidation sites excluding steroid dienone is 2. The van der Waals surface area contributed by atoms with Crippen molar-refractivity contribution in [3.63, 3.8) is 0 Å². The summed E-state index contributed by atoms with van der Waals surface area (Å²) < 4.78 is 0. The summed E-state index contributed by atoms with van der Waals surface area (Å²) in [4.78, 5) is 0. The van der Waals surface area contributed by atoms with Gasteiger partial charge in [0.15, 0.2) is 0 Å². The Balaban J connectivity index is 2.52. The molecule has 0 aliphatic heterocycles. The van der Waals surface area contributed by atoms with Crippen LogP contribution in [-0.4, -0.2) is 15.0 Å². The van der Waals surface area contributed by atoms with Crippen LogP contribution in [0.4, 0.5) is 0 Å². The molecule has 0 heterocycles. The van der Waals surface area contributed by atoms with Crippen LogP contribution >= 0.6 is 0 Å². The maximum absolute atomic E-state index is 3.44. The SMILES string of the molecule is [Si]=C1CC=CC1. The predicted molar refractivity (Wildman–Crippen MR) is 29.1 cm³/mol. The maximum atomic E-state index is 3.44. The Hall–Kier alpha value is -0.173. The molecule has 0 aromatic carbocycles. The summed E-state index contributed by atoms with van der Waals surface area (Å²) in [7, 11) is 3.44. The van der Waals surface area contributed by atoms with Gasteiger partial charge in [-0.1, -0.05) is 17.3 Å². The summed E-state index contributed by atoms with van der Waals surface area (Å²) in [6, 6.07) is 0. The van der Waals surface area contributed by atoms with Crippen LogP contribution in [0.2, 0.25) is 0 Å². The van der Waals surface area contributed by atoms with E-state index in [9.17, 15) is 0 Å². The third kappa shape index (κ3) is 0.656. The van der Waals surface area contributed by atoms with Crippen LogP contribution in [-0.2, 0) is 0 Å². The minimum absolute atomic E-state index is 1.14. The minimum atomic E-state index is 1.14. The Bertz CT molecular complexity index is 82.1. The molecule has 0 nitrogen and oxygen atoms in total. The lowest BCUT2D eigenvalue weighted by molar-refractivity contribution is 1.54. The predicted octanol–water partition coefficient (Wildman–Crippen LogP) is 0.677. The quantitative estimate of drug-likeness (QED) is 0.306. The van der Waals surface area contributed by atoms with Gasteiger partial charge >= 0.3 is 0 Å². The highest BCUT2D eigenvalue weighted by Gasteiger charge is 1.92. The standard InChI is InChI=1S/C5H6Si/c6-5-3-1-2-4-5/h1-2H,3-4H2. The first-order chi connectivity index (χ1) is 2.89. The van der Waals surface area contributed by atoms with E-state index in [1.54, 1.807) is 0 Å². The van der Waals surface area contributed by atoms with Crippen LogP contribution in [0.1, 0.15) is 12.8 Å². The molecule has 0 saturated carbocycles. The molecule has 1 rings (SSSR count). The van der Waals surface area contributed by atoms with E-state index in [0.717, 1.165) is 12.8 Å². The Morgan fingerprint density at radius 1 is 1.33 bits per heavy atom. The van der Waals surface area contributed by atoms with Crippen molar-refractivity contribution in [2.24, 2.45) is 0 Å². The fourth-order valence-corrected chi connectivity index (χ4v) is 0.770. The molecule has 0 aromatic heterocycles. The monoisotopic (exact) mass is 94.0 g/mol. The minimum Gasteiger partial charge on any atom is -0.0846 e. The van der Waals surface area contributed by atoms with Crippen molar-refractivity contribution in [1.29, 1.82) is 0 Å². The third-order valence-electron chi connectivity index (χ3n) is 0.895. The van der Waals surface area contributed by atoms with E-state index in [4.69, 9.17) is 0 Å². The van der Waals surface area contributed by atoms with Gasteiger partial charge in [0.25, 0.3) is 0 Å². The van der Waals surface area contributed by atoms with Gasteiger partial charge in [0.1, 0.15) is 0 Å². The second-order valence-electron chi connectivity index (χ2n) is 1.48. The van der Waals surface area contributed by atoms with E-state index in [1.165, 1.54) is 5.17 Å². The number of rotatable bonds is 0. The van der Waals surface area contributed by atoms with Crippen molar-refractivity contribution >= 4 is 15.0 Å². The Labute approximate surface area is 40.9 Å². The van der Waals surface area contributed by atoms with E-state index in [-0.39, 0.29) is 0 Å². The van der Waals surface area contributed by atoms with Gasteiger partial charge in [-0.25, -0.2) is 0 Å². The molecule has 0 aromatic rings. The number of hydrogen-bond acceptors (Lipinski definition) is 0. The topological polar surface area (TPSA) is 0 Å². The molecule has 0 fully saturated rings. The van der Waals surface area contributed by atoms with Gasteiger partial charge in [-0.15, -0.1) is 0 Å². The van der Waals surface area contributed by atoms with Gasteiger partial charge in [-0.3, -0.25) is 0 Å². The normalized spacial score (nSPS) is 19.7. The lowest BCUT2D eigenvalue weighted by Crippen LogP contribution is -1.85. The average Bonchev–Trinajstić information content (AvgIpc) is 1.86. The van der Waals surface area contributed by atoms with E-state index < -0.39 is 0 Å². The second-order valence-corrected chi connectivity index (χ2v) is 2.19. The van der Waals surface area contributed by atoms with Gasteiger partial charge in [0.2, 0.25) is 0 Å². The lowest BCUT2D eigenvalue weighted by atomic mass is 10.4. The lowest BCUT2D eigenvalue weighted by Gasteiger charge is -1.81. The third-order valence-corrected chi connectivity index (χ3v) is 1.30. The van der Waals surface area contributed by atoms with Gasteiger partial charge in [-0.2, -0.15) is 0 Å². The molecule has 0 amide bonds. The highest BCUT2D eigenvalue weighted by molar-refractivity contribution is 6.39. The van der Waals surface area contributed by atoms with Crippen LogP contribution in [0.25, 0.3) is 0 Å². The summed E-state index contributed by atoms with van der Waals surface area (Å²) in [6.07, 6.45) is 6.61. The Kier molecular flexibility index (Phi) is 1.01. The Morgan fingerprint density at radius 3 is 2.00 bits per heavy atom. The molecular weight excluding hydrogens is 88.1 g/mol. The zero-order valence-corrected chi connectivity index (χ0v) is 4.57. The van der Waals surface area contributed by atoms with Gasteiger partial charge in [0.05, 0.1) is 0 Å². The summed E-state index contributed by atoms with van der Waals surface area (Å²) in [5, 5.41) is 1.40. The summed E-state index contributed by atoms with van der Waals surface area (Å²) in [6.45, 7) is 0. The van der Waals surface area contributed by atoms with Crippen LogP contribution in [0.3, 0.4) is 0 Å². The van der Waals surface area contributed by atoms with Crippen molar-refractivity contribution in [2.45, 2.75) is 12.8 Å². The highest BCUT2D eigenvalue weighted by atomic mass is 28.1. The van der Waals surface area contributed by atoms with Crippen molar-refractivity contribution in [3.05, 3.63) is 12.2 Å². The molecule has 2 radical (unpaired) electrons. The fourth-order valence-electron chi connectivity index (χ4n) is 0.535. The molecule has 1 heteroatoms. The van der Waals surface area contributed by atoms with E-state index in [1.807, 2.05) is 0 Å². The van der Waals surface area contributed by atoms with Crippen LogP contribution in [0.5, 0.6) is 0 Å². The van der Waals surface area contributed by atoms with Crippen molar-refractivity contribution < 1.29 is 0 Å². The van der Waals surface area contributed by atoms with Gasteiger partial charge in [-0.05, 0) is 12.8 Å². The molecular formula is C5H6Si. The molecule has 0 saturated heterocycles. The summed E-state index contributed by atoms with van der Waals surface area (Å²) in [5.41, 5.74) is 0. The molecule has 1 aliphatic rings. The van der Waals surface area contributed by atoms with E-state index in [2.05, 4.69) is 22.0 Å². The van der Waals surface area contributed by atoms with E-state index in [0.29, 0.717) is 0 Å². The van der Waals surface area contributed by atoms with Crippen molar-refractivity contribution in [1.82, 2.24) is 0 Å². The molecule has 0 unspecified atom stereocenters. The molecule has 6 heavy (non-hydrogen) atoms. The molecule has 0 N–H and O–H groups in total. The smallest absolute Gasteiger partial charge is 0.0294 e. The zero-order chi connectivity index (χ0) is 4.41. The van der Waals surface area contributed by atoms with Gasteiger partial charge < -0.3 is 0 Å². The molecule has 0 bridgehead atoms. The first-order valence-corrected chi connectivity index (χ1v) is 2.61. The van der Waals surface area contributed by atoms with Crippen molar-refractivity contribution in [3.8, 4) is 0 Å².